The van der Waals surface area contributed by atoms with Gasteiger partial charge in [-0.3, -0.25) is 4.79 Å². The number of carbonyl (C=O) groups is 1. The van der Waals surface area contributed by atoms with Gasteiger partial charge in [0.05, 0.1) is 19.1 Å². The van der Waals surface area contributed by atoms with Crippen LogP contribution in [0.2, 0.25) is 0 Å². The minimum absolute atomic E-state index is 0.0631. The van der Waals surface area contributed by atoms with Gasteiger partial charge in [-0.2, -0.15) is 0 Å². The van der Waals surface area contributed by atoms with E-state index in [1.165, 1.54) is 32.8 Å². The zero-order chi connectivity index (χ0) is 19.7. The number of hydrogen-bond acceptors (Lipinski definition) is 3. The summed E-state index contributed by atoms with van der Waals surface area (Å²) in [6.45, 7) is 2.23. The first-order chi connectivity index (χ1) is 13.2. The number of carbonyl (C=O) groups excluding carboxylic acids is 1. The number of aliphatic hydroxyl groups is 1. The van der Waals surface area contributed by atoms with E-state index in [1.54, 1.807) is 0 Å². The van der Waals surface area contributed by atoms with Crippen LogP contribution in [0.4, 0.5) is 0 Å². The van der Waals surface area contributed by atoms with Gasteiger partial charge in [0.15, 0.2) is 0 Å². The van der Waals surface area contributed by atoms with Crippen LogP contribution < -0.4 is 0 Å². The normalized spacial score (nSPS) is 17.1. The monoisotopic (exact) mass is 376 g/mol. The molecule has 0 aromatic rings. The smallest absolute Gasteiger partial charge is 0.308 e. The van der Waals surface area contributed by atoms with E-state index < -0.39 is 0 Å². The van der Waals surface area contributed by atoms with Gasteiger partial charge in [0.25, 0.3) is 0 Å². The number of unbranched alkanes of at least 4 members (excludes halogenated alkanes) is 4. The van der Waals surface area contributed by atoms with Crippen LogP contribution in [-0.4, -0.2) is 24.3 Å². The second-order valence-corrected chi connectivity index (χ2v) is 7.66. The lowest BCUT2D eigenvalue weighted by Gasteiger charge is -2.12. The van der Waals surface area contributed by atoms with Crippen molar-refractivity contribution >= 4 is 5.97 Å². The molecule has 154 valence electrons. The molecular weight excluding hydrogens is 336 g/mol. The number of aliphatic hydroxyl groups excluding tert-OH is 1. The van der Waals surface area contributed by atoms with Crippen molar-refractivity contribution in [2.45, 2.75) is 90.1 Å². The molecule has 0 radical (unpaired) electrons. The Morgan fingerprint density at radius 1 is 0.963 bits per heavy atom. The molecule has 0 heterocycles. The van der Waals surface area contributed by atoms with Crippen molar-refractivity contribution in [3.05, 3.63) is 36.5 Å². The van der Waals surface area contributed by atoms with Crippen molar-refractivity contribution in [3.63, 3.8) is 0 Å². The summed E-state index contributed by atoms with van der Waals surface area (Å²) in [4.78, 5) is 11.7. The number of allylic oxidation sites excluding steroid dienone is 4. The Hall–Kier alpha value is -1.35. The molecule has 1 fully saturated rings. The van der Waals surface area contributed by atoms with E-state index in [9.17, 15) is 9.90 Å². The van der Waals surface area contributed by atoms with Gasteiger partial charge in [0, 0.05) is 0 Å². The molecule has 0 aliphatic heterocycles. The van der Waals surface area contributed by atoms with Gasteiger partial charge in [-0.1, -0.05) is 56.2 Å². The first kappa shape index (κ1) is 23.7. The number of hydrogen-bond donors (Lipinski definition) is 1. The van der Waals surface area contributed by atoms with Crippen molar-refractivity contribution in [3.8, 4) is 0 Å². The standard InChI is InChI=1S/C24H40O3/c1-3-4-5-6-7-8-9-10-11-13-16-22(25)17-14-12-15-18-23(21-19-20-21)24(26)27-2/h7-8,11-14,21-23,25H,3-6,9-10,15-20H2,1-2H3/b8-7-,13-11+,14-12-/t22-,23?/m1/s1. The summed E-state index contributed by atoms with van der Waals surface area (Å²) >= 11 is 0. The zero-order valence-corrected chi connectivity index (χ0v) is 17.4. The van der Waals surface area contributed by atoms with Crippen LogP contribution >= 0.6 is 0 Å². The van der Waals surface area contributed by atoms with E-state index in [1.807, 2.05) is 6.08 Å². The molecule has 1 rings (SSSR count). The van der Waals surface area contributed by atoms with Gasteiger partial charge >= 0.3 is 5.97 Å². The molecule has 2 atom stereocenters. The summed E-state index contributed by atoms with van der Waals surface area (Å²) < 4.78 is 4.90. The molecule has 0 saturated heterocycles. The maximum absolute atomic E-state index is 11.7. The van der Waals surface area contributed by atoms with Crippen LogP contribution in [0.3, 0.4) is 0 Å². The maximum Gasteiger partial charge on any atom is 0.308 e. The van der Waals surface area contributed by atoms with Gasteiger partial charge in [-0.05, 0) is 70.1 Å². The Labute approximate surface area is 166 Å². The van der Waals surface area contributed by atoms with E-state index >= 15 is 0 Å². The molecule has 3 nitrogen and oxygen atoms in total. The molecule has 0 amide bonds. The highest BCUT2D eigenvalue weighted by molar-refractivity contribution is 5.73. The predicted molar refractivity (Wildman–Crippen MR) is 114 cm³/mol. The largest absolute Gasteiger partial charge is 0.469 e. The highest BCUT2D eigenvalue weighted by Gasteiger charge is 2.36. The van der Waals surface area contributed by atoms with Crippen LogP contribution in [0.5, 0.6) is 0 Å². The quantitative estimate of drug-likeness (QED) is 0.200. The molecule has 1 unspecified atom stereocenters. The highest BCUT2D eigenvalue weighted by atomic mass is 16.5. The highest BCUT2D eigenvalue weighted by Crippen LogP contribution is 2.39. The third kappa shape index (κ3) is 12.6. The van der Waals surface area contributed by atoms with E-state index in [2.05, 4.69) is 37.3 Å². The van der Waals surface area contributed by atoms with E-state index in [0.717, 1.165) is 38.5 Å². The lowest BCUT2D eigenvalue weighted by molar-refractivity contribution is -0.146. The third-order valence-corrected chi connectivity index (χ3v) is 5.13. The summed E-state index contributed by atoms with van der Waals surface area (Å²) in [6.07, 6.45) is 25.3. The Morgan fingerprint density at radius 2 is 1.56 bits per heavy atom. The average Bonchev–Trinajstić information content (AvgIpc) is 3.50. The molecule has 0 aromatic heterocycles. The summed E-state index contributed by atoms with van der Waals surface area (Å²) in [6, 6.07) is 0. The maximum atomic E-state index is 11.7. The lowest BCUT2D eigenvalue weighted by atomic mass is 9.97. The Balaban J connectivity index is 2.03. The summed E-state index contributed by atoms with van der Waals surface area (Å²) in [5, 5.41) is 10.0. The number of rotatable bonds is 16. The van der Waals surface area contributed by atoms with Gasteiger partial charge in [-0.15, -0.1) is 0 Å². The van der Waals surface area contributed by atoms with Crippen molar-refractivity contribution in [2.75, 3.05) is 7.11 Å². The van der Waals surface area contributed by atoms with Gasteiger partial charge in [0.1, 0.15) is 0 Å². The Morgan fingerprint density at radius 3 is 2.15 bits per heavy atom. The second-order valence-electron chi connectivity index (χ2n) is 7.66. The molecule has 1 aliphatic carbocycles. The molecule has 0 spiro atoms. The van der Waals surface area contributed by atoms with Crippen molar-refractivity contribution in [2.24, 2.45) is 11.8 Å². The molecular formula is C24H40O3. The second kappa shape index (κ2) is 15.7. The molecule has 3 heteroatoms. The molecule has 27 heavy (non-hydrogen) atoms. The fraction of sp³-hybridized carbons (Fsp3) is 0.708. The molecule has 0 aromatic carbocycles. The van der Waals surface area contributed by atoms with Crippen LogP contribution in [0.1, 0.15) is 84.0 Å². The number of esters is 1. The number of ether oxygens (including phenoxy) is 1. The van der Waals surface area contributed by atoms with Crippen LogP contribution in [0.25, 0.3) is 0 Å². The fourth-order valence-corrected chi connectivity index (χ4v) is 3.25. The van der Waals surface area contributed by atoms with E-state index in [-0.39, 0.29) is 18.0 Å². The van der Waals surface area contributed by atoms with Crippen LogP contribution in [-0.2, 0) is 9.53 Å². The third-order valence-electron chi connectivity index (χ3n) is 5.13. The Kier molecular flexibility index (Phi) is 13.8. The predicted octanol–water partition coefficient (Wildman–Crippen LogP) is 6.14. The molecule has 1 aliphatic rings. The van der Waals surface area contributed by atoms with Gasteiger partial charge in [0.2, 0.25) is 0 Å². The van der Waals surface area contributed by atoms with Crippen LogP contribution in [0, 0.1) is 11.8 Å². The summed E-state index contributed by atoms with van der Waals surface area (Å²) in [5.41, 5.74) is 0. The Bertz CT molecular complexity index is 460. The minimum Gasteiger partial charge on any atom is -0.469 e. The van der Waals surface area contributed by atoms with Crippen LogP contribution in [0.15, 0.2) is 36.5 Å². The van der Waals surface area contributed by atoms with Gasteiger partial charge in [-0.25, -0.2) is 0 Å². The van der Waals surface area contributed by atoms with E-state index in [4.69, 9.17) is 4.74 Å². The average molecular weight is 377 g/mol. The SMILES string of the molecule is CCCCC/C=C\CC/C=C/C[C@@H](O)C/C=C\CCC(C(=O)OC)C1CC1. The minimum atomic E-state index is -0.318. The summed E-state index contributed by atoms with van der Waals surface area (Å²) in [7, 11) is 1.47. The lowest BCUT2D eigenvalue weighted by Crippen LogP contribution is -2.17. The van der Waals surface area contributed by atoms with Crippen molar-refractivity contribution in [1.29, 1.82) is 0 Å². The van der Waals surface area contributed by atoms with E-state index in [0.29, 0.717) is 18.8 Å². The molecule has 1 N–H and O–H groups in total. The molecule has 0 bridgehead atoms. The molecule has 1 saturated carbocycles. The van der Waals surface area contributed by atoms with Crippen molar-refractivity contribution in [1.82, 2.24) is 0 Å². The van der Waals surface area contributed by atoms with Gasteiger partial charge < -0.3 is 9.84 Å². The zero-order valence-electron chi connectivity index (χ0n) is 17.4. The summed E-state index contributed by atoms with van der Waals surface area (Å²) in [5.74, 6) is 0.535. The fourth-order valence-electron chi connectivity index (χ4n) is 3.25. The first-order valence-corrected chi connectivity index (χ1v) is 10.9. The van der Waals surface area contributed by atoms with Crippen molar-refractivity contribution < 1.29 is 14.6 Å². The number of methoxy groups -OCH3 is 1. The topological polar surface area (TPSA) is 46.5 Å². The first-order valence-electron chi connectivity index (χ1n) is 10.9.